The van der Waals surface area contributed by atoms with Crippen LogP contribution in [0.5, 0.6) is 0 Å². The van der Waals surface area contributed by atoms with Crippen LogP contribution >= 0.6 is 0 Å². The summed E-state index contributed by atoms with van der Waals surface area (Å²) in [7, 11) is 0. The second kappa shape index (κ2) is 12.0. The highest BCUT2D eigenvalue weighted by Gasteiger charge is 2.52. The SMILES string of the molecule is N#Cc1ccc(-c2ccc3c(c2)C2(c4ccccc4-c4ccccc42)c2cc(-c4nc(-c5ccccc5)nc(-c5ccccc5)n4)c4ccccc4c2-3)cc1. The van der Waals surface area contributed by atoms with Gasteiger partial charge in [0.05, 0.1) is 17.0 Å². The first kappa shape index (κ1) is 31.1. The van der Waals surface area contributed by atoms with Crippen molar-refractivity contribution < 1.29 is 0 Å². The molecule has 8 aromatic carbocycles. The van der Waals surface area contributed by atoms with Crippen LogP contribution in [0.1, 0.15) is 27.8 Å². The van der Waals surface area contributed by atoms with Gasteiger partial charge in [0.2, 0.25) is 0 Å². The fourth-order valence-corrected chi connectivity index (χ4v) is 9.03. The van der Waals surface area contributed by atoms with Crippen molar-refractivity contribution in [1.29, 1.82) is 5.26 Å². The maximum Gasteiger partial charge on any atom is 0.164 e. The molecule has 1 spiro atoms. The third kappa shape index (κ3) is 4.54. The Kier molecular flexibility index (Phi) is 6.80. The van der Waals surface area contributed by atoms with Crippen molar-refractivity contribution >= 4 is 10.8 Å². The highest BCUT2D eigenvalue weighted by Crippen LogP contribution is 2.64. The quantitative estimate of drug-likeness (QED) is 0.184. The Morgan fingerprint density at radius 1 is 0.364 bits per heavy atom. The molecule has 2 aliphatic carbocycles. The summed E-state index contributed by atoms with van der Waals surface area (Å²) >= 11 is 0. The molecule has 1 heterocycles. The number of hydrogen-bond donors (Lipinski definition) is 0. The van der Waals surface area contributed by atoms with Gasteiger partial charge in [-0.1, -0.05) is 158 Å². The van der Waals surface area contributed by atoms with Crippen LogP contribution < -0.4 is 0 Å². The minimum Gasteiger partial charge on any atom is -0.208 e. The molecule has 254 valence electrons. The smallest absolute Gasteiger partial charge is 0.164 e. The van der Waals surface area contributed by atoms with Gasteiger partial charge in [-0.25, -0.2) is 15.0 Å². The zero-order valence-corrected chi connectivity index (χ0v) is 29.6. The van der Waals surface area contributed by atoms with E-state index >= 15 is 0 Å². The Bertz CT molecular complexity index is 2930. The van der Waals surface area contributed by atoms with E-state index < -0.39 is 5.41 Å². The molecule has 4 heteroatoms. The summed E-state index contributed by atoms with van der Waals surface area (Å²) in [5.74, 6) is 1.90. The van der Waals surface area contributed by atoms with E-state index in [4.69, 9.17) is 15.0 Å². The van der Waals surface area contributed by atoms with Crippen molar-refractivity contribution in [1.82, 2.24) is 15.0 Å². The predicted molar refractivity (Wildman–Crippen MR) is 220 cm³/mol. The Balaban J connectivity index is 1.25. The molecule has 1 aromatic heterocycles. The zero-order valence-electron chi connectivity index (χ0n) is 29.6. The molecule has 0 atom stereocenters. The summed E-state index contributed by atoms with van der Waals surface area (Å²) in [6, 6.07) is 66.2. The lowest BCUT2D eigenvalue weighted by Gasteiger charge is -2.31. The van der Waals surface area contributed by atoms with Crippen molar-refractivity contribution in [2.75, 3.05) is 0 Å². The van der Waals surface area contributed by atoms with Crippen molar-refractivity contribution in [3.8, 4) is 73.6 Å². The fraction of sp³-hybridized carbons (Fsp3) is 0.0196. The lowest BCUT2D eigenvalue weighted by atomic mass is 9.69. The predicted octanol–water partition coefficient (Wildman–Crippen LogP) is 11.9. The molecule has 0 fully saturated rings. The third-order valence-electron chi connectivity index (χ3n) is 11.4. The molecular weight excluding hydrogens is 669 g/mol. The van der Waals surface area contributed by atoms with Gasteiger partial charge in [0.1, 0.15) is 0 Å². The summed E-state index contributed by atoms with van der Waals surface area (Å²) in [6.07, 6.45) is 0. The van der Waals surface area contributed by atoms with Crippen LogP contribution in [0.3, 0.4) is 0 Å². The van der Waals surface area contributed by atoms with Crippen LogP contribution in [0.2, 0.25) is 0 Å². The van der Waals surface area contributed by atoms with Gasteiger partial charge in [0, 0.05) is 16.7 Å². The Hall–Kier alpha value is -7.48. The number of rotatable bonds is 4. The second-order valence-corrected chi connectivity index (χ2v) is 14.2. The highest BCUT2D eigenvalue weighted by atomic mass is 15.0. The molecule has 0 aliphatic heterocycles. The van der Waals surface area contributed by atoms with Crippen LogP contribution in [0.25, 0.3) is 78.3 Å². The maximum atomic E-state index is 9.53. The number of hydrogen-bond acceptors (Lipinski definition) is 4. The number of aromatic nitrogens is 3. The lowest BCUT2D eigenvalue weighted by molar-refractivity contribution is 0.795. The average molecular weight is 699 g/mol. The van der Waals surface area contributed by atoms with Crippen molar-refractivity contribution in [2.45, 2.75) is 5.41 Å². The zero-order chi connectivity index (χ0) is 36.5. The van der Waals surface area contributed by atoms with E-state index in [2.05, 4.69) is 140 Å². The number of fused-ring (bicyclic) bond motifs is 12. The highest BCUT2D eigenvalue weighted by molar-refractivity contribution is 6.11. The van der Waals surface area contributed by atoms with Crippen LogP contribution in [-0.2, 0) is 5.41 Å². The van der Waals surface area contributed by atoms with Crippen LogP contribution in [0.4, 0.5) is 0 Å². The van der Waals surface area contributed by atoms with Crippen molar-refractivity contribution in [2.24, 2.45) is 0 Å². The normalized spacial score (nSPS) is 12.9. The van der Waals surface area contributed by atoms with E-state index in [0.717, 1.165) is 38.6 Å². The first-order chi connectivity index (χ1) is 27.2. The van der Waals surface area contributed by atoms with Gasteiger partial charge in [-0.15, -0.1) is 0 Å². The summed E-state index contributed by atoms with van der Waals surface area (Å²) in [6.45, 7) is 0. The van der Waals surface area contributed by atoms with Gasteiger partial charge in [0.25, 0.3) is 0 Å². The van der Waals surface area contributed by atoms with Gasteiger partial charge in [-0.05, 0) is 90.7 Å². The Morgan fingerprint density at radius 2 is 0.891 bits per heavy atom. The minimum absolute atomic E-state index is 0.600. The molecule has 4 nitrogen and oxygen atoms in total. The monoisotopic (exact) mass is 698 g/mol. The first-order valence-corrected chi connectivity index (χ1v) is 18.5. The van der Waals surface area contributed by atoms with E-state index in [1.807, 2.05) is 48.5 Å². The second-order valence-electron chi connectivity index (χ2n) is 14.2. The molecule has 0 N–H and O–H groups in total. The Morgan fingerprint density at radius 3 is 1.51 bits per heavy atom. The third-order valence-corrected chi connectivity index (χ3v) is 11.4. The van der Waals surface area contributed by atoms with E-state index in [9.17, 15) is 5.26 Å². The molecule has 11 rings (SSSR count). The largest absolute Gasteiger partial charge is 0.208 e. The lowest BCUT2D eigenvalue weighted by Crippen LogP contribution is -2.26. The van der Waals surface area contributed by atoms with Gasteiger partial charge < -0.3 is 0 Å². The summed E-state index contributed by atoms with van der Waals surface area (Å²) in [5.41, 5.74) is 15.0. The molecule has 2 aliphatic rings. The van der Waals surface area contributed by atoms with E-state index in [1.54, 1.807) is 0 Å². The summed E-state index contributed by atoms with van der Waals surface area (Å²) in [5, 5.41) is 11.8. The molecule has 0 bridgehead atoms. The number of nitrogens with zero attached hydrogens (tertiary/aromatic N) is 4. The van der Waals surface area contributed by atoms with Gasteiger partial charge in [-0.2, -0.15) is 5.26 Å². The van der Waals surface area contributed by atoms with E-state index in [-0.39, 0.29) is 0 Å². The number of benzene rings is 8. The molecule has 0 amide bonds. The fourth-order valence-electron chi connectivity index (χ4n) is 9.03. The van der Waals surface area contributed by atoms with Gasteiger partial charge >= 0.3 is 0 Å². The molecule has 0 radical (unpaired) electrons. The molecule has 0 saturated carbocycles. The van der Waals surface area contributed by atoms with Crippen LogP contribution in [-0.4, -0.2) is 15.0 Å². The molecule has 9 aromatic rings. The molecule has 0 saturated heterocycles. The van der Waals surface area contributed by atoms with E-state index in [0.29, 0.717) is 23.0 Å². The minimum atomic E-state index is -0.600. The standard InChI is InChI=1S/C51H30N4/c52-31-32-23-25-33(26-24-32)36-27-28-41-45(29-36)51(43-21-11-9-18-38(43)39-19-10-12-22-44(39)51)46-30-42(37-17-7-8-20-40(37)47(41)46)50-54-48(34-13-3-1-4-14-34)53-49(55-50)35-15-5-2-6-16-35/h1-30H. The van der Waals surface area contributed by atoms with Crippen molar-refractivity contribution in [3.05, 3.63) is 210 Å². The Labute approximate surface area is 318 Å². The molecule has 0 unspecified atom stereocenters. The summed E-state index contributed by atoms with van der Waals surface area (Å²) in [4.78, 5) is 15.5. The van der Waals surface area contributed by atoms with Gasteiger partial charge in [-0.3, -0.25) is 0 Å². The van der Waals surface area contributed by atoms with E-state index in [1.165, 1.54) is 44.5 Å². The number of nitriles is 1. The summed E-state index contributed by atoms with van der Waals surface area (Å²) < 4.78 is 0. The van der Waals surface area contributed by atoms with Gasteiger partial charge in [0.15, 0.2) is 17.5 Å². The maximum absolute atomic E-state index is 9.53. The average Bonchev–Trinajstić information content (AvgIpc) is 3.73. The van der Waals surface area contributed by atoms with Crippen LogP contribution in [0, 0.1) is 11.3 Å². The molecular formula is C51H30N4. The first-order valence-electron chi connectivity index (χ1n) is 18.5. The molecule has 55 heavy (non-hydrogen) atoms. The van der Waals surface area contributed by atoms with Crippen molar-refractivity contribution in [3.63, 3.8) is 0 Å². The van der Waals surface area contributed by atoms with Crippen LogP contribution in [0.15, 0.2) is 182 Å². The topological polar surface area (TPSA) is 62.5 Å².